The van der Waals surface area contributed by atoms with Crippen molar-refractivity contribution in [3.63, 3.8) is 0 Å². The number of amides is 2. The predicted octanol–water partition coefficient (Wildman–Crippen LogP) is 0.624. The summed E-state index contributed by atoms with van der Waals surface area (Å²) < 4.78 is 8.73. The van der Waals surface area contributed by atoms with E-state index in [1.807, 2.05) is 17.8 Å². The van der Waals surface area contributed by atoms with Crippen molar-refractivity contribution in [1.29, 1.82) is 0 Å². The van der Waals surface area contributed by atoms with Crippen molar-refractivity contribution in [1.82, 2.24) is 4.57 Å². The Bertz CT molecular complexity index is 739. The van der Waals surface area contributed by atoms with Crippen LogP contribution in [0.4, 0.5) is 11.4 Å². The van der Waals surface area contributed by atoms with Gasteiger partial charge >= 0.3 is 0 Å². The Morgan fingerprint density at radius 2 is 2.04 bits per heavy atom. The molecule has 0 spiro atoms. The van der Waals surface area contributed by atoms with Crippen LogP contribution >= 0.6 is 0 Å². The Morgan fingerprint density at radius 3 is 2.61 bits per heavy atom. The number of hydrogen-bond donors (Lipinski definition) is 3. The SMILES string of the molecule is COc1cc(NC(C)=O)c(O)cc1NC(=O)Cn1cc[n+](C)c1. The summed E-state index contributed by atoms with van der Waals surface area (Å²) in [6, 6.07) is 2.78. The smallest absolute Gasteiger partial charge is 0.266 e. The molecule has 2 aromatic rings. The molecule has 1 aromatic carbocycles. The van der Waals surface area contributed by atoms with Crippen molar-refractivity contribution in [2.45, 2.75) is 13.5 Å². The van der Waals surface area contributed by atoms with E-state index in [9.17, 15) is 14.7 Å². The van der Waals surface area contributed by atoms with E-state index in [2.05, 4.69) is 10.6 Å². The van der Waals surface area contributed by atoms with Crippen LogP contribution in [0.15, 0.2) is 30.9 Å². The molecule has 0 saturated heterocycles. The predicted molar refractivity (Wildman–Crippen MR) is 83.2 cm³/mol. The second kappa shape index (κ2) is 6.82. The van der Waals surface area contributed by atoms with Gasteiger partial charge in [-0.25, -0.2) is 9.13 Å². The highest BCUT2D eigenvalue weighted by Gasteiger charge is 2.15. The Hall–Kier alpha value is -3.03. The quantitative estimate of drug-likeness (QED) is 0.556. The van der Waals surface area contributed by atoms with Gasteiger partial charge < -0.3 is 20.5 Å². The molecule has 0 atom stereocenters. The molecule has 2 amide bonds. The number of benzene rings is 1. The van der Waals surface area contributed by atoms with E-state index in [1.54, 1.807) is 17.1 Å². The number of ether oxygens (including phenoxy) is 1. The van der Waals surface area contributed by atoms with Crippen molar-refractivity contribution in [3.8, 4) is 11.5 Å². The highest BCUT2D eigenvalue weighted by atomic mass is 16.5. The van der Waals surface area contributed by atoms with Gasteiger partial charge in [0.1, 0.15) is 23.9 Å². The average molecular weight is 319 g/mol. The van der Waals surface area contributed by atoms with Gasteiger partial charge in [0.15, 0.2) is 6.54 Å². The largest absolute Gasteiger partial charge is 0.506 e. The Morgan fingerprint density at radius 1 is 1.30 bits per heavy atom. The zero-order valence-electron chi connectivity index (χ0n) is 13.2. The molecule has 23 heavy (non-hydrogen) atoms. The third kappa shape index (κ3) is 4.22. The molecule has 0 aliphatic rings. The summed E-state index contributed by atoms with van der Waals surface area (Å²) in [5, 5.41) is 15.1. The number of aromatic nitrogens is 2. The van der Waals surface area contributed by atoms with E-state index in [4.69, 9.17) is 4.74 Å². The third-order valence-corrected chi connectivity index (χ3v) is 3.05. The van der Waals surface area contributed by atoms with Crippen LogP contribution in [0.2, 0.25) is 0 Å². The van der Waals surface area contributed by atoms with Gasteiger partial charge in [-0.1, -0.05) is 0 Å². The van der Waals surface area contributed by atoms with Crippen LogP contribution in [-0.2, 0) is 23.2 Å². The molecule has 0 bridgehead atoms. The van der Waals surface area contributed by atoms with Crippen molar-refractivity contribution in [3.05, 3.63) is 30.9 Å². The number of aryl methyl sites for hydroxylation is 1. The van der Waals surface area contributed by atoms with Crippen LogP contribution in [0.3, 0.4) is 0 Å². The first-order valence-electron chi connectivity index (χ1n) is 6.88. The van der Waals surface area contributed by atoms with Crippen LogP contribution in [0.1, 0.15) is 6.92 Å². The van der Waals surface area contributed by atoms with Gasteiger partial charge in [-0.05, 0) is 0 Å². The molecule has 0 unspecified atom stereocenters. The van der Waals surface area contributed by atoms with E-state index in [0.29, 0.717) is 11.4 Å². The Kier molecular flexibility index (Phi) is 4.85. The second-order valence-corrected chi connectivity index (χ2v) is 5.05. The zero-order chi connectivity index (χ0) is 17.0. The molecule has 0 saturated carbocycles. The molecule has 8 nitrogen and oxygen atoms in total. The van der Waals surface area contributed by atoms with E-state index < -0.39 is 0 Å². The lowest BCUT2D eigenvalue weighted by Gasteiger charge is -2.13. The fourth-order valence-corrected chi connectivity index (χ4v) is 2.08. The molecule has 1 aromatic heterocycles. The maximum atomic E-state index is 12.1. The maximum Gasteiger partial charge on any atom is 0.266 e. The fourth-order valence-electron chi connectivity index (χ4n) is 2.08. The molecular weight excluding hydrogens is 300 g/mol. The van der Waals surface area contributed by atoms with Gasteiger partial charge in [-0.2, -0.15) is 0 Å². The molecule has 0 fully saturated rings. The number of phenolic OH excluding ortho intramolecular Hbond substituents is 1. The molecule has 8 heteroatoms. The first-order chi connectivity index (χ1) is 10.9. The monoisotopic (exact) mass is 319 g/mol. The molecule has 3 N–H and O–H groups in total. The van der Waals surface area contributed by atoms with Gasteiger partial charge in [0.05, 0.1) is 25.5 Å². The molecular formula is C15H19N4O4+. The number of aromatic hydroxyl groups is 1. The van der Waals surface area contributed by atoms with E-state index in [1.165, 1.54) is 26.2 Å². The summed E-state index contributed by atoms with van der Waals surface area (Å²) in [4.78, 5) is 23.2. The first kappa shape index (κ1) is 16.3. The van der Waals surface area contributed by atoms with Crippen LogP contribution in [0, 0.1) is 0 Å². The Labute approximate surface area is 133 Å². The molecule has 2 rings (SSSR count). The number of imidazole rings is 1. The summed E-state index contributed by atoms with van der Waals surface area (Å²) in [6.45, 7) is 1.46. The van der Waals surface area contributed by atoms with Gasteiger partial charge in [-0.15, -0.1) is 0 Å². The lowest BCUT2D eigenvalue weighted by molar-refractivity contribution is -0.671. The van der Waals surface area contributed by atoms with Gasteiger partial charge in [0.25, 0.3) is 5.91 Å². The number of anilines is 2. The molecule has 0 aliphatic carbocycles. The van der Waals surface area contributed by atoms with Crippen molar-refractivity contribution in [2.24, 2.45) is 7.05 Å². The normalized spacial score (nSPS) is 10.2. The van der Waals surface area contributed by atoms with Crippen molar-refractivity contribution in [2.75, 3.05) is 17.7 Å². The Balaban J connectivity index is 2.16. The average Bonchev–Trinajstić information content (AvgIpc) is 2.86. The second-order valence-electron chi connectivity index (χ2n) is 5.05. The molecule has 1 heterocycles. The topological polar surface area (TPSA) is 96.5 Å². The van der Waals surface area contributed by atoms with Gasteiger partial charge in [0.2, 0.25) is 12.2 Å². The van der Waals surface area contributed by atoms with Gasteiger partial charge in [-0.3, -0.25) is 9.59 Å². The minimum absolute atomic E-state index is 0.123. The number of methoxy groups -OCH3 is 1. The highest BCUT2D eigenvalue weighted by Crippen LogP contribution is 2.35. The first-order valence-corrected chi connectivity index (χ1v) is 6.88. The van der Waals surface area contributed by atoms with Crippen LogP contribution in [0.5, 0.6) is 11.5 Å². The third-order valence-electron chi connectivity index (χ3n) is 3.05. The summed E-state index contributed by atoms with van der Waals surface area (Å²) in [7, 11) is 3.29. The fraction of sp³-hybridized carbons (Fsp3) is 0.267. The van der Waals surface area contributed by atoms with Crippen LogP contribution in [0.25, 0.3) is 0 Å². The molecule has 0 aliphatic heterocycles. The number of carbonyl (C=O) groups excluding carboxylic acids is 2. The maximum absolute atomic E-state index is 12.1. The zero-order valence-corrected chi connectivity index (χ0v) is 13.2. The summed E-state index contributed by atoms with van der Waals surface area (Å²) in [5.41, 5.74) is 0.533. The lowest BCUT2D eigenvalue weighted by Crippen LogP contribution is -2.25. The van der Waals surface area contributed by atoms with Gasteiger partial charge in [0, 0.05) is 19.1 Å². The van der Waals surface area contributed by atoms with Crippen LogP contribution < -0.4 is 19.9 Å². The summed E-state index contributed by atoms with van der Waals surface area (Å²) >= 11 is 0. The minimum atomic E-state index is -0.320. The van der Waals surface area contributed by atoms with Crippen LogP contribution in [-0.4, -0.2) is 28.6 Å². The summed E-state index contributed by atoms with van der Waals surface area (Å²) in [5.74, 6) is -0.424. The number of hydrogen-bond acceptors (Lipinski definition) is 4. The highest BCUT2D eigenvalue weighted by molar-refractivity contribution is 5.95. The molecule has 0 radical (unpaired) electrons. The molecule has 122 valence electrons. The van der Waals surface area contributed by atoms with E-state index in [-0.39, 0.29) is 29.8 Å². The number of carbonyl (C=O) groups is 2. The number of phenols is 1. The van der Waals surface area contributed by atoms with Crippen molar-refractivity contribution >= 4 is 23.2 Å². The van der Waals surface area contributed by atoms with E-state index in [0.717, 1.165) is 0 Å². The minimum Gasteiger partial charge on any atom is -0.506 e. The lowest BCUT2D eigenvalue weighted by atomic mass is 10.2. The van der Waals surface area contributed by atoms with E-state index >= 15 is 0 Å². The number of nitrogens with one attached hydrogen (secondary N) is 2. The summed E-state index contributed by atoms with van der Waals surface area (Å²) in [6.07, 6.45) is 5.37. The number of rotatable bonds is 5. The van der Waals surface area contributed by atoms with Crippen molar-refractivity contribution < 1.29 is 24.0 Å². The standard InChI is InChI=1S/C15H18N4O4/c1-10(20)16-11-7-14(23-3)12(6-13(11)21)17-15(22)8-19-5-4-18(2)9-19/h4-7,9H,8H2,1-3H3,(H2-,16,17,20,21,22)/p+1. The number of nitrogens with zero attached hydrogens (tertiary/aromatic N) is 2.